The van der Waals surface area contributed by atoms with Gasteiger partial charge in [0.25, 0.3) is 0 Å². The number of aliphatic imine (C=N–C) groups is 1. The number of hydrogen-bond acceptors (Lipinski definition) is 3. The minimum atomic E-state index is 0.535. The Kier molecular flexibility index (Phi) is 4.76. The summed E-state index contributed by atoms with van der Waals surface area (Å²) >= 11 is 0. The predicted molar refractivity (Wildman–Crippen MR) is 65.8 cm³/mol. The average molecular weight is 221 g/mol. The van der Waals surface area contributed by atoms with E-state index < -0.39 is 0 Å². The third kappa shape index (κ3) is 4.29. The number of rotatable bonds is 5. The molecule has 0 saturated heterocycles. The molecule has 0 fully saturated rings. The van der Waals surface area contributed by atoms with Crippen LogP contribution < -0.4 is 10.5 Å². The van der Waals surface area contributed by atoms with Gasteiger partial charge in [-0.25, -0.2) is 4.98 Å². The first-order chi connectivity index (χ1) is 7.61. The number of aromatic nitrogens is 1. The van der Waals surface area contributed by atoms with E-state index in [0.29, 0.717) is 24.1 Å². The lowest BCUT2D eigenvalue weighted by Gasteiger charge is -2.04. The molecule has 0 bridgehead atoms. The lowest BCUT2D eigenvalue weighted by molar-refractivity contribution is 0.397. The molecule has 2 N–H and O–H groups in total. The fraction of sp³-hybridized carbons (Fsp3) is 0.500. The van der Waals surface area contributed by atoms with Gasteiger partial charge in [-0.3, -0.25) is 4.99 Å². The fourth-order valence-corrected chi connectivity index (χ4v) is 1.20. The zero-order chi connectivity index (χ0) is 12.0. The van der Waals surface area contributed by atoms with Crippen molar-refractivity contribution in [3.05, 3.63) is 23.9 Å². The van der Waals surface area contributed by atoms with Gasteiger partial charge in [-0.2, -0.15) is 0 Å². The fourth-order valence-electron chi connectivity index (χ4n) is 1.20. The number of ether oxygens (including phenoxy) is 1. The van der Waals surface area contributed by atoms with E-state index in [-0.39, 0.29) is 0 Å². The van der Waals surface area contributed by atoms with Gasteiger partial charge in [0, 0.05) is 25.2 Å². The van der Waals surface area contributed by atoms with Crippen molar-refractivity contribution in [3.8, 4) is 5.88 Å². The predicted octanol–water partition coefficient (Wildman–Crippen LogP) is 1.65. The largest absolute Gasteiger partial charge is 0.481 e. The molecule has 0 atom stereocenters. The number of hydrogen-bond donors (Lipinski definition) is 1. The second-order valence-electron chi connectivity index (χ2n) is 4.11. The first kappa shape index (κ1) is 12.5. The molecular weight excluding hydrogens is 202 g/mol. The molecule has 0 saturated carbocycles. The van der Waals surface area contributed by atoms with Crippen molar-refractivity contribution in [1.29, 1.82) is 0 Å². The smallest absolute Gasteiger partial charge is 0.212 e. The quantitative estimate of drug-likeness (QED) is 0.607. The highest BCUT2D eigenvalue weighted by molar-refractivity contribution is 5.82. The van der Waals surface area contributed by atoms with E-state index in [1.54, 1.807) is 13.3 Å². The van der Waals surface area contributed by atoms with E-state index in [9.17, 15) is 0 Å². The highest BCUT2D eigenvalue weighted by Gasteiger charge is 1.99. The van der Waals surface area contributed by atoms with Crippen molar-refractivity contribution in [2.75, 3.05) is 13.7 Å². The average Bonchev–Trinajstić information content (AvgIpc) is 2.27. The first-order valence-corrected chi connectivity index (χ1v) is 5.39. The second-order valence-corrected chi connectivity index (χ2v) is 4.11. The number of nitrogens with two attached hydrogens (primary N) is 1. The number of nitrogens with zero attached hydrogens (tertiary/aromatic N) is 2. The summed E-state index contributed by atoms with van der Waals surface area (Å²) in [6, 6.07) is 3.77. The van der Waals surface area contributed by atoms with Crippen molar-refractivity contribution in [2.24, 2.45) is 16.6 Å². The van der Waals surface area contributed by atoms with E-state index in [0.717, 1.165) is 12.1 Å². The summed E-state index contributed by atoms with van der Waals surface area (Å²) in [5, 5.41) is 0. The molecule has 0 aromatic carbocycles. The van der Waals surface area contributed by atoms with E-state index in [2.05, 4.69) is 23.8 Å². The van der Waals surface area contributed by atoms with Crippen molar-refractivity contribution in [2.45, 2.75) is 20.3 Å². The van der Waals surface area contributed by atoms with Crippen LogP contribution in [0.25, 0.3) is 0 Å². The van der Waals surface area contributed by atoms with E-state index in [4.69, 9.17) is 10.5 Å². The number of amidine groups is 1. The summed E-state index contributed by atoms with van der Waals surface area (Å²) in [5.74, 6) is 1.80. The number of pyridine rings is 1. The molecule has 1 rings (SSSR count). The molecule has 0 spiro atoms. The Morgan fingerprint density at radius 3 is 2.75 bits per heavy atom. The van der Waals surface area contributed by atoms with Crippen molar-refractivity contribution < 1.29 is 4.74 Å². The van der Waals surface area contributed by atoms with Gasteiger partial charge < -0.3 is 10.5 Å². The van der Waals surface area contributed by atoms with E-state index >= 15 is 0 Å². The molecule has 0 aliphatic rings. The third-order valence-corrected chi connectivity index (χ3v) is 2.05. The normalized spacial score (nSPS) is 11.9. The zero-order valence-electron chi connectivity index (χ0n) is 10.1. The van der Waals surface area contributed by atoms with Crippen LogP contribution in [-0.4, -0.2) is 24.5 Å². The molecule has 4 heteroatoms. The summed E-state index contributed by atoms with van der Waals surface area (Å²) in [5.41, 5.74) is 6.86. The van der Waals surface area contributed by atoms with Gasteiger partial charge in [-0.05, 0) is 11.5 Å². The van der Waals surface area contributed by atoms with Crippen molar-refractivity contribution in [1.82, 2.24) is 4.98 Å². The van der Waals surface area contributed by atoms with Crippen LogP contribution in [0.2, 0.25) is 0 Å². The minimum absolute atomic E-state index is 0.535. The molecule has 4 nitrogen and oxygen atoms in total. The zero-order valence-corrected chi connectivity index (χ0v) is 10.1. The molecule has 16 heavy (non-hydrogen) atoms. The molecule has 1 aromatic heterocycles. The summed E-state index contributed by atoms with van der Waals surface area (Å²) in [4.78, 5) is 8.41. The topological polar surface area (TPSA) is 60.5 Å². The van der Waals surface area contributed by atoms with Gasteiger partial charge in [-0.15, -0.1) is 0 Å². The van der Waals surface area contributed by atoms with Gasteiger partial charge in [0.1, 0.15) is 0 Å². The van der Waals surface area contributed by atoms with E-state index in [1.165, 1.54) is 0 Å². The molecular formula is C12H19N3O. The van der Waals surface area contributed by atoms with Crippen LogP contribution in [0.1, 0.15) is 19.4 Å². The van der Waals surface area contributed by atoms with Crippen LogP contribution in [0, 0.1) is 5.92 Å². The molecule has 0 aliphatic heterocycles. The summed E-state index contributed by atoms with van der Waals surface area (Å²) in [6.07, 6.45) is 2.40. The summed E-state index contributed by atoms with van der Waals surface area (Å²) in [6.45, 7) is 5.01. The number of methoxy groups -OCH3 is 1. The van der Waals surface area contributed by atoms with Gasteiger partial charge in [0.2, 0.25) is 5.88 Å². The van der Waals surface area contributed by atoms with Crippen LogP contribution in [0.4, 0.5) is 0 Å². The Labute approximate surface area is 96.6 Å². The molecule has 0 amide bonds. The summed E-state index contributed by atoms with van der Waals surface area (Å²) in [7, 11) is 1.60. The van der Waals surface area contributed by atoms with Crippen LogP contribution in [0.3, 0.4) is 0 Å². The Bertz CT molecular complexity index is 344. The Morgan fingerprint density at radius 2 is 2.25 bits per heavy atom. The molecule has 0 unspecified atom stereocenters. The molecule has 0 aliphatic carbocycles. The maximum Gasteiger partial charge on any atom is 0.212 e. The molecule has 1 aromatic rings. The lowest BCUT2D eigenvalue weighted by Crippen LogP contribution is -2.16. The third-order valence-electron chi connectivity index (χ3n) is 2.05. The molecule has 1 heterocycles. The standard InChI is InChI=1S/C12H19N3O/c1-9(2)7-14-11(13)6-10-4-5-12(16-3)15-8-10/h4-5,8-9H,6-7H2,1-3H3,(H2,13,14). The van der Waals surface area contributed by atoms with Crippen LogP contribution >= 0.6 is 0 Å². The second kappa shape index (κ2) is 6.10. The lowest BCUT2D eigenvalue weighted by atomic mass is 10.2. The maximum absolute atomic E-state index is 5.82. The molecule has 0 radical (unpaired) electrons. The SMILES string of the molecule is COc1ccc(CC(N)=NCC(C)C)cn1. The van der Waals surface area contributed by atoms with Gasteiger partial charge in [0.05, 0.1) is 12.9 Å². The Balaban J connectivity index is 2.55. The van der Waals surface area contributed by atoms with Crippen molar-refractivity contribution >= 4 is 5.84 Å². The highest BCUT2D eigenvalue weighted by atomic mass is 16.5. The monoisotopic (exact) mass is 221 g/mol. The summed E-state index contributed by atoms with van der Waals surface area (Å²) < 4.78 is 4.98. The highest BCUT2D eigenvalue weighted by Crippen LogP contribution is 2.07. The Morgan fingerprint density at radius 1 is 1.50 bits per heavy atom. The van der Waals surface area contributed by atoms with Gasteiger partial charge in [0.15, 0.2) is 0 Å². The minimum Gasteiger partial charge on any atom is -0.481 e. The van der Waals surface area contributed by atoms with E-state index in [1.807, 2.05) is 12.1 Å². The van der Waals surface area contributed by atoms with Gasteiger partial charge >= 0.3 is 0 Å². The van der Waals surface area contributed by atoms with Crippen molar-refractivity contribution in [3.63, 3.8) is 0 Å². The van der Waals surface area contributed by atoms with Crippen LogP contribution in [0.5, 0.6) is 5.88 Å². The first-order valence-electron chi connectivity index (χ1n) is 5.39. The maximum atomic E-state index is 5.82. The van der Waals surface area contributed by atoms with Gasteiger partial charge in [-0.1, -0.05) is 19.9 Å². The van der Waals surface area contributed by atoms with Crippen LogP contribution in [-0.2, 0) is 6.42 Å². The molecule has 88 valence electrons. The van der Waals surface area contributed by atoms with Crippen LogP contribution in [0.15, 0.2) is 23.3 Å². The Hall–Kier alpha value is -1.58.